The second-order valence-corrected chi connectivity index (χ2v) is 6.21. The number of aromatic nitrogens is 4. The number of methoxy groups -OCH3 is 1. The molecule has 1 saturated heterocycles. The predicted molar refractivity (Wildman–Crippen MR) is 93.0 cm³/mol. The van der Waals surface area contributed by atoms with Crippen LogP contribution in [0.3, 0.4) is 0 Å². The van der Waals surface area contributed by atoms with Gasteiger partial charge in [0.2, 0.25) is 5.91 Å². The Bertz CT molecular complexity index is 648. The van der Waals surface area contributed by atoms with Crippen molar-refractivity contribution in [1.29, 1.82) is 0 Å². The first-order chi connectivity index (χ1) is 12.3. The largest absolute Gasteiger partial charge is 0.384 e. The van der Waals surface area contributed by atoms with Crippen LogP contribution in [0.5, 0.6) is 0 Å². The topological polar surface area (TPSA) is 85.2 Å². The molecule has 0 saturated carbocycles. The Morgan fingerprint density at radius 1 is 1.40 bits per heavy atom. The first-order valence-corrected chi connectivity index (χ1v) is 8.53. The molecule has 1 aliphatic rings. The van der Waals surface area contributed by atoms with Crippen molar-refractivity contribution in [3.05, 3.63) is 37.1 Å². The molecular weight excluding hydrogens is 320 g/mol. The van der Waals surface area contributed by atoms with Crippen molar-refractivity contribution in [3.63, 3.8) is 0 Å². The molecule has 1 aliphatic heterocycles. The first-order valence-electron chi connectivity index (χ1n) is 8.53. The molecule has 0 bridgehead atoms. The molecule has 0 radical (unpaired) electrons. The minimum Gasteiger partial charge on any atom is -0.384 e. The summed E-state index contributed by atoms with van der Waals surface area (Å²) >= 11 is 0. The highest BCUT2D eigenvalue weighted by Crippen LogP contribution is 2.27. The monoisotopic (exact) mass is 344 g/mol. The van der Waals surface area contributed by atoms with Crippen molar-refractivity contribution >= 4 is 11.7 Å². The van der Waals surface area contributed by atoms with E-state index in [1.165, 1.54) is 6.33 Å². The van der Waals surface area contributed by atoms with Crippen LogP contribution in [0, 0.1) is 11.8 Å². The Morgan fingerprint density at radius 2 is 2.32 bits per heavy atom. The molecule has 8 nitrogen and oxygen atoms in total. The zero-order valence-electron chi connectivity index (χ0n) is 14.4. The molecule has 0 aromatic carbocycles. The molecule has 1 amide bonds. The van der Waals surface area contributed by atoms with Crippen molar-refractivity contribution in [2.45, 2.75) is 13.0 Å². The smallest absolute Gasteiger partial charge is 0.225 e. The maximum absolute atomic E-state index is 12.6. The highest BCUT2D eigenvalue weighted by atomic mass is 16.5. The van der Waals surface area contributed by atoms with Crippen molar-refractivity contribution in [2.75, 3.05) is 38.3 Å². The molecule has 25 heavy (non-hydrogen) atoms. The Kier molecular flexibility index (Phi) is 5.95. The average molecular weight is 344 g/mol. The number of hydrogen-bond acceptors (Lipinski definition) is 6. The maximum Gasteiger partial charge on any atom is 0.225 e. The van der Waals surface area contributed by atoms with Gasteiger partial charge in [0.15, 0.2) is 0 Å². The molecule has 134 valence electrons. The zero-order chi connectivity index (χ0) is 17.5. The molecule has 0 spiro atoms. The summed E-state index contributed by atoms with van der Waals surface area (Å²) in [7, 11) is 1.67. The molecular formula is C17H24N6O2. The lowest BCUT2D eigenvalue weighted by atomic mass is 9.96. The van der Waals surface area contributed by atoms with E-state index in [0.29, 0.717) is 19.7 Å². The molecule has 3 heterocycles. The third-order valence-electron chi connectivity index (χ3n) is 4.47. The average Bonchev–Trinajstić information content (AvgIpc) is 3.29. The number of aryl methyl sites for hydroxylation is 1. The molecule has 1 fully saturated rings. The van der Waals surface area contributed by atoms with E-state index in [-0.39, 0.29) is 17.7 Å². The van der Waals surface area contributed by atoms with E-state index < -0.39 is 0 Å². The number of ether oxygens (including phenoxy) is 1. The lowest BCUT2D eigenvalue weighted by Gasteiger charge is -2.17. The van der Waals surface area contributed by atoms with Gasteiger partial charge in [0.25, 0.3) is 0 Å². The van der Waals surface area contributed by atoms with Crippen molar-refractivity contribution in [1.82, 2.24) is 25.1 Å². The molecule has 3 rings (SSSR count). The van der Waals surface area contributed by atoms with Gasteiger partial charge in [0.05, 0.1) is 12.5 Å². The summed E-state index contributed by atoms with van der Waals surface area (Å²) < 4.78 is 7.18. The van der Waals surface area contributed by atoms with Crippen LogP contribution in [0.25, 0.3) is 0 Å². The van der Waals surface area contributed by atoms with E-state index >= 15 is 0 Å². The molecule has 2 aromatic rings. The number of carbonyl (C=O) groups is 1. The summed E-state index contributed by atoms with van der Waals surface area (Å²) in [5.41, 5.74) is 0. The standard InChI is InChI=1S/C17H24N6O2/c1-25-12-14-10-22(16-4-7-18-13-20-16)11-15(14)17(24)19-5-2-8-23-9-3-6-21-23/h3-4,6-7,9,13-15H,2,5,8,10-12H2,1H3,(H,19,24)/t14-,15+/m0/s1. The van der Waals surface area contributed by atoms with Gasteiger partial charge in [0, 0.05) is 57.8 Å². The molecule has 0 unspecified atom stereocenters. The second kappa shape index (κ2) is 8.57. The van der Waals surface area contributed by atoms with Crippen LogP contribution in [-0.4, -0.2) is 59.0 Å². The van der Waals surface area contributed by atoms with Gasteiger partial charge in [-0.05, 0) is 18.6 Å². The normalized spacial score (nSPS) is 20.0. The summed E-state index contributed by atoms with van der Waals surface area (Å²) in [6.45, 7) is 3.41. The van der Waals surface area contributed by atoms with Crippen LogP contribution in [0.4, 0.5) is 5.82 Å². The minimum atomic E-state index is -0.0976. The second-order valence-electron chi connectivity index (χ2n) is 6.21. The lowest BCUT2D eigenvalue weighted by Crippen LogP contribution is -2.37. The Labute approximate surface area is 147 Å². The van der Waals surface area contributed by atoms with E-state index in [2.05, 4.69) is 25.3 Å². The number of carbonyl (C=O) groups excluding carboxylic acids is 1. The number of amides is 1. The van der Waals surface area contributed by atoms with Crippen LogP contribution in [0.1, 0.15) is 6.42 Å². The molecule has 1 N–H and O–H groups in total. The van der Waals surface area contributed by atoms with E-state index in [1.807, 2.05) is 23.0 Å². The van der Waals surface area contributed by atoms with E-state index in [9.17, 15) is 4.79 Å². The molecule has 2 aromatic heterocycles. The van der Waals surface area contributed by atoms with E-state index in [0.717, 1.165) is 25.3 Å². The van der Waals surface area contributed by atoms with Gasteiger partial charge >= 0.3 is 0 Å². The van der Waals surface area contributed by atoms with Gasteiger partial charge in [-0.1, -0.05) is 0 Å². The number of anilines is 1. The molecule has 8 heteroatoms. The third kappa shape index (κ3) is 4.54. The molecule has 2 atom stereocenters. The summed E-state index contributed by atoms with van der Waals surface area (Å²) in [5, 5.41) is 7.21. The van der Waals surface area contributed by atoms with Gasteiger partial charge in [0.1, 0.15) is 12.1 Å². The van der Waals surface area contributed by atoms with Crippen molar-refractivity contribution in [3.8, 4) is 0 Å². The van der Waals surface area contributed by atoms with Crippen LogP contribution in [0.15, 0.2) is 37.1 Å². The quantitative estimate of drug-likeness (QED) is 0.705. The van der Waals surface area contributed by atoms with Gasteiger partial charge in [-0.15, -0.1) is 0 Å². The minimum absolute atomic E-state index is 0.0825. The number of rotatable bonds is 8. The van der Waals surface area contributed by atoms with Gasteiger partial charge in [-0.3, -0.25) is 9.48 Å². The van der Waals surface area contributed by atoms with Crippen LogP contribution < -0.4 is 10.2 Å². The lowest BCUT2D eigenvalue weighted by molar-refractivity contribution is -0.126. The number of nitrogens with zero attached hydrogens (tertiary/aromatic N) is 5. The first kappa shape index (κ1) is 17.3. The van der Waals surface area contributed by atoms with Crippen LogP contribution in [0.2, 0.25) is 0 Å². The van der Waals surface area contributed by atoms with Crippen LogP contribution in [-0.2, 0) is 16.1 Å². The molecule has 0 aliphatic carbocycles. The van der Waals surface area contributed by atoms with Gasteiger partial charge < -0.3 is 15.0 Å². The van der Waals surface area contributed by atoms with E-state index in [1.54, 1.807) is 19.5 Å². The highest BCUT2D eigenvalue weighted by Gasteiger charge is 2.37. The summed E-state index contributed by atoms with van der Waals surface area (Å²) in [6.07, 6.45) is 7.78. The van der Waals surface area contributed by atoms with E-state index in [4.69, 9.17) is 4.74 Å². The van der Waals surface area contributed by atoms with Crippen molar-refractivity contribution in [2.24, 2.45) is 11.8 Å². The zero-order valence-corrected chi connectivity index (χ0v) is 14.4. The fourth-order valence-corrected chi connectivity index (χ4v) is 3.23. The Balaban J connectivity index is 1.52. The summed E-state index contributed by atoms with van der Waals surface area (Å²) in [4.78, 5) is 23.0. The van der Waals surface area contributed by atoms with Gasteiger partial charge in [-0.25, -0.2) is 9.97 Å². The van der Waals surface area contributed by atoms with Gasteiger partial charge in [-0.2, -0.15) is 5.10 Å². The predicted octanol–water partition coefficient (Wildman–Crippen LogP) is 0.578. The SMILES string of the molecule is COC[C@@H]1CN(c2ccncn2)C[C@H]1C(=O)NCCCn1cccn1. The summed E-state index contributed by atoms with van der Waals surface area (Å²) in [5.74, 6) is 0.995. The third-order valence-corrected chi connectivity index (χ3v) is 4.47. The highest BCUT2D eigenvalue weighted by molar-refractivity contribution is 5.80. The fourth-order valence-electron chi connectivity index (χ4n) is 3.23. The van der Waals surface area contributed by atoms with Crippen molar-refractivity contribution < 1.29 is 9.53 Å². The Hall–Kier alpha value is -2.48. The fraction of sp³-hybridized carbons (Fsp3) is 0.529. The Morgan fingerprint density at radius 3 is 3.04 bits per heavy atom. The van der Waals surface area contributed by atoms with Crippen LogP contribution >= 0.6 is 0 Å². The number of hydrogen-bond donors (Lipinski definition) is 1. The summed E-state index contributed by atoms with van der Waals surface area (Å²) in [6, 6.07) is 3.77. The maximum atomic E-state index is 12.6. The number of nitrogens with one attached hydrogen (secondary N) is 1.